The number of likely N-dealkylation sites (tertiary alicyclic amines) is 1. The number of amides is 4. The standard InChI is InChI=1S/C41H46ClN9O4/c42-34-23-32(9-6-28(34)24-43)55-31-10-7-29(8-11-31)44-40(53)35-12-13-38(47-46-35)49-19-14-27(15-20-49)25-48-18-2-3-30(26-48)50-21-16-33-36(50)4-1-5-37(33)51-22-17-39(52)45-41(51)54/h1,4-6,9,12-13,16,21,23,27,29-31H,2-3,7-8,10-11,14-15,17-20,22,25-26H2,(H,44,53)(H,45,52,54). The van der Waals surface area contributed by atoms with Crippen LogP contribution in [-0.2, 0) is 4.79 Å². The number of imide groups is 1. The first-order valence-electron chi connectivity index (χ1n) is 19.5. The number of benzene rings is 2. The van der Waals surface area contributed by atoms with Gasteiger partial charge in [-0.25, -0.2) is 4.79 Å². The van der Waals surface area contributed by atoms with E-state index in [4.69, 9.17) is 21.6 Å². The van der Waals surface area contributed by atoms with Crippen molar-refractivity contribution in [2.24, 2.45) is 5.92 Å². The number of rotatable bonds is 9. The second-order valence-corrected chi connectivity index (χ2v) is 15.7. The molecule has 8 rings (SSSR count). The molecule has 2 N–H and O–H groups in total. The van der Waals surface area contributed by atoms with Crippen LogP contribution in [0.3, 0.4) is 0 Å². The van der Waals surface area contributed by atoms with Crippen molar-refractivity contribution in [3.63, 3.8) is 0 Å². The van der Waals surface area contributed by atoms with Crippen molar-refractivity contribution in [1.82, 2.24) is 30.3 Å². The highest BCUT2D eigenvalue weighted by molar-refractivity contribution is 6.31. The van der Waals surface area contributed by atoms with Crippen LogP contribution < -0.4 is 25.2 Å². The highest BCUT2D eigenvalue weighted by atomic mass is 35.5. The number of hydrogen-bond acceptors (Lipinski definition) is 9. The van der Waals surface area contributed by atoms with E-state index in [9.17, 15) is 14.4 Å². The summed E-state index contributed by atoms with van der Waals surface area (Å²) in [7, 11) is 0. The number of carbonyl (C=O) groups is 3. The molecule has 4 aromatic rings. The van der Waals surface area contributed by atoms with Gasteiger partial charge in [-0.3, -0.25) is 19.8 Å². The number of urea groups is 1. The van der Waals surface area contributed by atoms with Gasteiger partial charge in [-0.15, -0.1) is 10.2 Å². The Kier molecular flexibility index (Phi) is 10.9. The normalized spacial score (nSPS) is 22.7. The molecule has 286 valence electrons. The predicted octanol–water partition coefficient (Wildman–Crippen LogP) is 6.08. The van der Waals surface area contributed by atoms with Crippen LogP contribution in [0.15, 0.2) is 60.8 Å². The molecule has 5 heterocycles. The molecule has 4 aliphatic rings. The average Bonchev–Trinajstić information content (AvgIpc) is 3.64. The van der Waals surface area contributed by atoms with Gasteiger partial charge in [-0.1, -0.05) is 17.7 Å². The van der Waals surface area contributed by atoms with Gasteiger partial charge in [-0.05, 0) is 106 Å². The van der Waals surface area contributed by atoms with Crippen LogP contribution in [0, 0.1) is 17.2 Å². The van der Waals surface area contributed by atoms with Crippen molar-refractivity contribution in [1.29, 1.82) is 5.26 Å². The first kappa shape index (κ1) is 36.8. The van der Waals surface area contributed by atoms with E-state index >= 15 is 0 Å². The van der Waals surface area contributed by atoms with Crippen molar-refractivity contribution in [2.45, 2.75) is 76.0 Å². The number of fused-ring (bicyclic) bond motifs is 1. The number of ether oxygens (including phenoxy) is 1. The zero-order valence-corrected chi connectivity index (χ0v) is 31.6. The molecule has 3 saturated heterocycles. The molecule has 14 heteroatoms. The summed E-state index contributed by atoms with van der Waals surface area (Å²) in [5.74, 6) is 1.62. The third kappa shape index (κ3) is 8.26. The minimum absolute atomic E-state index is 0.0325. The fourth-order valence-electron chi connectivity index (χ4n) is 8.71. The summed E-state index contributed by atoms with van der Waals surface area (Å²) in [5.41, 5.74) is 2.71. The maximum Gasteiger partial charge on any atom is 0.328 e. The zero-order valence-electron chi connectivity index (χ0n) is 30.8. The maximum absolute atomic E-state index is 13.0. The SMILES string of the molecule is N#Cc1ccc(OC2CCC(NC(=O)c3ccc(N4CCC(CN5CCCC(n6ccc7c(N8CCC(=O)NC8=O)cccc76)C5)CC4)nn3)CC2)cc1Cl. The van der Waals surface area contributed by atoms with Crippen molar-refractivity contribution in [3.8, 4) is 11.8 Å². The second-order valence-electron chi connectivity index (χ2n) is 15.3. The Morgan fingerprint density at radius 1 is 0.964 bits per heavy atom. The van der Waals surface area contributed by atoms with E-state index < -0.39 is 0 Å². The third-order valence-electron chi connectivity index (χ3n) is 11.7. The molecule has 0 bridgehead atoms. The fourth-order valence-corrected chi connectivity index (χ4v) is 8.92. The predicted molar refractivity (Wildman–Crippen MR) is 209 cm³/mol. The van der Waals surface area contributed by atoms with Gasteiger partial charge in [-0.2, -0.15) is 5.26 Å². The summed E-state index contributed by atoms with van der Waals surface area (Å²) in [6.07, 6.45) is 10.1. The number of nitriles is 1. The Morgan fingerprint density at radius 2 is 1.80 bits per heavy atom. The molecule has 4 fully saturated rings. The summed E-state index contributed by atoms with van der Waals surface area (Å²) in [6.45, 7) is 5.36. The molecule has 13 nitrogen and oxygen atoms in total. The largest absolute Gasteiger partial charge is 0.490 e. The monoisotopic (exact) mass is 763 g/mol. The van der Waals surface area contributed by atoms with Crippen LogP contribution in [0.25, 0.3) is 10.9 Å². The molecular weight excluding hydrogens is 718 g/mol. The number of piperidine rings is 2. The van der Waals surface area contributed by atoms with Gasteiger partial charge >= 0.3 is 6.03 Å². The molecule has 1 aliphatic carbocycles. The van der Waals surface area contributed by atoms with Gasteiger partial charge in [0.2, 0.25) is 5.91 Å². The smallest absolute Gasteiger partial charge is 0.328 e. The maximum atomic E-state index is 13.0. The lowest BCUT2D eigenvalue weighted by Crippen LogP contribution is -2.49. The lowest BCUT2D eigenvalue weighted by molar-refractivity contribution is -0.120. The Balaban J connectivity index is 0.788. The number of anilines is 2. The lowest BCUT2D eigenvalue weighted by Gasteiger charge is -2.39. The number of hydrogen-bond donors (Lipinski definition) is 2. The molecule has 3 aliphatic heterocycles. The Morgan fingerprint density at radius 3 is 2.55 bits per heavy atom. The molecule has 55 heavy (non-hydrogen) atoms. The molecule has 1 atom stereocenters. The number of aromatic nitrogens is 3. The molecule has 2 aromatic carbocycles. The summed E-state index contributed by atoms with van der Waals surface area (Å²) in [6, 6.07) is 19.1. The minimum atomic E-state index is -0.357. The van der Waals surface area contributed by atoms with Gasteiger partial charge in [0.1, 0.15) is 11.8 Å². The van der Waals surface area contributed by atoms with E-state index in [-0.39, 0.29) is 30.0 Å². The minimum Gasteiger partial charge on any atom is -0.490 e. The molecule has 4 amide bonds. The van der Waals surface area contributed by atoms with Gasteiger partial charge in [0.05, 0.1) is 27.9 Å². The lowest BCUT2D eigenvalue weighted by atomic mass is 9.92. The van der Waals surface area contributed by atoms with Crippen LogP contribution in [0.2, 0.25) is 5.02 Å². The highest BCUT2D eigenvalue weighted by Crippen LogP contribution is 2.34. The summed E-state index contributed by atoms with van der Waals surface area (Å²) in [5, 5.41) is 24.8. The first-order valence-corrected chi connectivity index (χ1v) is 19.9. The van der Waals surface area contributed by atoms with E-state index in [0.717, 1.165) is 106 Å². The molecule has 0 spiro atoms. The van der Waals surface area contributed by atoms with E-state index in [1.807, 2.05) is 18.2 Å². The molecule has 1 saturated carbocycles. The van der Waals surface area contributed by atoms with Crippen LogP contribution in [0.4, 0.5) is 16.3 Å². The molecular formula is C41H46ClN9O4. The quantitative estimate of drug-likeness (QED) is 0.207. The van der Waals surface area contributed by atoms with Crippen molar-refractivity contribution < 1.29 is 19.1 Å². The number of halogens is 1. The molecule has 2 aromatic heterocycles. The van der Waals surface area contributed by atoms with Crippen LogP contribution in [0.1, 0.15) is 79.9 Å². The third-order valence-corrected chi connectivity index (χ3v) is 12.0. The fraction of sp³-hybridized carbons (Fsp3) is 0.463. The van der Waals surface area contributed by atoms with Crippen LogP contribution >= 0.6 is 11.6 Å². The van der Waals surface area contributed by atoms with E-state index in [0.29, 0.717) is 47.0 Å². The number of carbonyl (C=O) groups excluding carboxylic acids is 3. The second kappa shape index (κ2) is 16.3. The van der Waals surface area contributed by atoms with Crippen molar-refractivity contribution in [2.75, 3.05) is 49.1 Å². The number of nitrogens with zero attached hydrogens (tertiary/aromatic N) is 7. The molecule has 1 unspecified atom stereocenters. The van der Waals surface area contributed by atoms with E-state index in [1.165, 1.54) is 0 Å². The topological polar surface area (TPSA) is 149 Å². The van der Waals surface area contributed by atoms with Crippen molar-refractivity contribution >= 4 is 51.9 Å². The van der Waals surface area contributed by atoms with Gasteiger partial charge in [0.15, 0.2) is 11.5 Å². The molecule has 0 radical (unpaired) electrons. The van der Waals surface area contributed by atoms with Gasteiger partial charge in [0, 0.05) is 68.9 Å². The Hall–Kier alpha value is -5.19. The van der Waals surface area contributed by atoms with Gasteiger partial charge < -0.3 is 24.4 Å². The first-order chi connectivity index (χ1) is 26.8. The van der Waals surface area contributed by atoms with Gasteiger partial charge in [0.25, 0.3) is 5.91 Å². The van der Waals surface area contributed by atoms with Crippen LogP contribution in [0.5, 0.6) is 5.75 Å². The van der Waals surface area contributed by atoms with Crippen molar-refractivity contribution in [3.05, 3.63) is 77.1 Å². The summed E-state index contributed by atoms with van der Waals surface area (Å²) in [4.78, 5) is 43.9. The summed E-state index contributed by atoms with van der Waals surface area (Å²) >= 11 is 6.15. The summed E-state index contributed by atoms with van der Waals surface area (Å²) < 4.78 is 8.47. The van der Waals surface area contributed by atoms with Crippen LogP contribution in [-0.4, -0.2) is 88.9 Å². The Bertz CT molecular complexity index is 2080. The highest BCUT2D eigenvalue weighted by Gasteiger charge is 2.30. The van der Waals surface area contributed by atoms with E-state index in [2.05, 4.69) is 59.6 Å². The average molecular weight is 764 g/mol. The number of nitrogens with one attached hydrogen (secondary N) is 2. The zero-order chi connectivity index (χ0) is 37.9. The van der Waals surface area contributed by atoms with E-state index in [1.54, 1.807) is 29.2 Å². The Labute approximate surface area is 325 Å².